The molecule has 112 valence electrons. The fourth-order valence-corrected chi connectivity index (χ4v) is 2.59. The zero-order chi connectivity index (χ0) is 15.5. The maximum absolute atomic E-state index is 12.9. The smallest absolute Gasteiger partial charge is 0.416 e. The van der Waals surface area contributed by atoms with Gasteiger partial charge in [-0.2, -0.15) is 13.2 Å². The third-order valence-electron chi connectivity index (χ3n) is 2.70. The van der Waals surface area contributed by atoms with E-state index in [1.807, 2.05) is 0 Å². The average Bonchev–Trinajstić information content (AvgIpc) is 2.87. The van der Waals surface area contributed by atoms with Gasteiger partial charge in [-0.1, -0.05) is 18.2 Å². The molecule has 0 spiro atoms. The highest BCUT2D eigenvalue weighted by atomic mass is 32.1. The third-order valence-corrected chi connectivity index (χ3v) is 3.55. The molecule has 0 aliphatic rings. The zero-order valence-electron chi connectivity index (χ0n) is 11.1. The molecule has 1 aromatic heterocycles. The number of ether oxygens (including phenoxy) is 1. The Balaban J connectivity index is 2.22. The summed E-state index contributed by atoms with van der Waals surface area (Å²) in [6, 6.07) is 5.34. The van der Waals surface area contributed by atoms with Crippen molar-refractivity contribution in [2.24, 2.45) is 0 Å². The van der Waals surface area contributed by atoms with Gasteiger partial charge in [0.2, 0.25) is 0 Å². The van der Waals surface area contributed by atoms with Crippen molar-refractivity contribution in [1.82, 2.24) is 4.98 Å². The fraction of sp³-hybridized carbons (Fsp3) is 0.286. The number of esters is 1. The predicted molar refractivity (Wildman–Crippen MR) is 72.3 cm³/mol. The molecule has 0 N–H and O–H groups in total. The quantitative estimate of drug-likeness (QED) is 0.803. The van der Waals surface area contributed by atoms with E-state index in [1.54, 1.807) is 13.0 Å². The maximum Gasteiger partial charge on any atom is 0.416 e. The summed E-state index contributed by atoms with van der Waals surface area (Å²) in [7, 11) is 0. The number of aromatic nitrogens is 1. The molecular weight excluding hydrogens is 303 g/mol. The number of halogens is 3. The lowest BCUT2D eigenvalue weighted by Gasteiger charge is -2.11. The predicted octanol–water partition coefficient (Wildman–Crippen LogP) is 3.93. The normalized spacial score (nSPS) is 11.4. The number of alkyl halides is 3. The lowest BCUT2D eigenvalue weighted by molar-refractivity contribution is -0.138. The summed E-state index contributed by atoms with van der Waals surface area (Å²) < 4.78 is 43.5. The summed E-state index contributed by atoms with van der Waals surface area (Å²) in [5, 5.41) is 1.93. The maximum atomic E-state index is 12.9. The van der Waals surface area contributed by atoms with Crippen LogP contribution in [0.1, 0.15) is 33.5 Å². The van der Waals surface area contributed by atoms with Crippen molar-refractivity contribution in [2.75, 3.05) is 6.61 Å². The van der Waals surface area contributed by atoms with Crippen LogP contribution >= 0.6 is 11.3 Å². The van der Waals surface area contributed by atoms with E-state index in [0.29, 0.717) is 5.01 Å². The van der Waals surface area contributed by atoms with Gasteiger partial charge >= 0.3 is 12.1 Å². The number of carbonyl (C=O) groups excluding carboxylic acids is 1. The molecule has 0 aliphatic carbocycles. The Morgan fingerprint density at radius 1 is 1.33 bits per heavy atom. The highest BCUT2D eigenvalue weighted by Crippen LogP contribution is 2.33. The summed E-state index contributed by atoms with van der Waals surface area (Å²) in [6.45, 7) is 1.90. The van der Waals surface area contributed by atoms with Crippen molar-refractivity contribution in [3.63, 3.8) is 0 Å². The van der Waals surface area contributed by atoms with Crippen molar-refractivity contribution in [1.29, 1.82) is 0 Å². The number of nitrogens with zero attached hydrogens (tertiary/aromatic N) is 1. The Morgan fingerprint density at radius 3 is 2.71 bits per heavy atom. The number of hydrogen-bond donors (Lipinski definition) is 0. The first kappa shape index (κ1) is 15.5. The molecule has 7 heteroatoms. The van der Waals surface area contributed by atoms with Gasteiger partial charge < -0.3 is 4.74 Å². The number of carbonyl (C=O) groups is 1. The van der Waals surface area contributed by atoms with Crippen LogP contribution in [0.15, 0.2) is 29.6 Å². The lowest BCUT2D eigenvalue weighted by atomic mass is 10.0. The summed E-state index contributed by atoms with van der Waals surface area (Å²) in [6.07, 6.45) is -4.38. The minimum absolute atomic E-state index is 0.0275. The Bertz CT molecular complexity index is 637. The molecule has 0 radical (unpaired) electrons. The van der Waals surface area contributed by atoms with Crippen LogP contribution in [0.4, 0.5) is 13.2 Å². The number of rotatable bonds is 4. The molecule has 0 unspecified atom stereocenters. The van der Waals surface area contributed by atoms with Crippen LogP contribution in [0.25, 0.3) is 0 Å². The zero-order valence-corrected chi connectivity index (χ0v) is 11.9. The fourth-order valence-electron chi connectivity index (χ4n) is 1.80. The Morgan fingerprint density at radius 2 is 2.05 bits per heavy atom. The second-order valence-corrected chi connectivity index (χ2v) is 5.12. The van der Waals surface area contributed by atoms with Crippen LogP contribution in [-0.4, -0.2) is 17.6 Å². The SMILES string of the molecule is CCOC(=O)c1csc(Cc2ccccc2C(F)(F)F)n1. The molecule has 0 saturated carbocycles. The van der Waals surface area contributed by atoms with Gasteiger partial charge in [0.15, 0.2) is 5.69 Å². The van der Waals surface area contributed by atoms with Crippen molar-refractivity contribution >= 4 is 17.3 Å². The molecule has 1 aromatic carbocycles. The second-order valence-electron chi connectivity index (χ2n) is 4.18. The largest absolute Gasteiger partial charge is 0.461 e. The standard InChI is InChI=1S/C14H12F3NO2S/c1-2-20-13(19)11-8-21-12(18-11)7-9-5-3-4-6-10(9)14(15,16)17/h3-6,8H,2,7H2,1H3. The minimum atomic E-state index is -4.40. The van der Waals surface area contributed by atoms with E-state index < -0.39 is 17.7 Å². The average molecular weight is 315 g/mol. The third kappa shape index (κ3) is 3.81. The van der Waals surface area contributed by atoms with Gasteiger partial charge in [0.25, 0.3) is 0 Å². The summed E-state index contributed by atoms with van der Waals surface area (Å²) in [5.74, 6) is -0.566. The van der Waals surface area contributed by atoms with E-state index in [1.165, 1.54) is 17.5 Å². The molecule has 21 heavy (non-hydrogen) atoms. The molecule has 2 aromatic rings. The van der Waals surface area contributed by atoms with E-state index in [9.17, 15) is 18.0 Å². The Hall–Kier alpha value is -1.89. The van der Waals surface area contributed by atoms with Crippen LogP contribution < -0.4 is 0 Å². The number of hydrogen-bond acceptors (Lipinski definition) is 4. The highest BCUT2D eigenvalue weighted by Gasteiger charge is 2.33. The molecular formula is C14H12F3NO2S. The first-order chi connectivity index (χ1) is 9.91. The van der Waals surface area contributed by atoms with Crippen LogP contribution in [0.5, 0.6) is 0 Å². The Labute approximate surface area is 123 Å². The first-order valence-corrected chi connectivity index (χ1v) is 7.06. The van der Waals surface area contributed by atoms with E-state index in [-0.39, 0.29) is 24.3 Å². The van der Waals surface area contributed by atoms with E-state index in [0.717, 1.165) is 17.4 Å². The van der Waals surface area contributed by atoms with Crippen LogP contribution in [0.3, 0.4) is 0 Å². The molecule has 0 amide bonds. The van der Waals surface area contributed by atoms with Crippen molar-refractivity contribution in [3.05, 3.63) is 51.5 Å². The lowest BCUT2D eigenvalue weighted by Crippen LogP contribution is -2.09. The highest BCUT2D eigenvalue weighted by molar-refractivity contribution is 7.09. The molecule has 0 saturated heterocycles. The van der Waals surface area contributed by atoms with E-state index in [2.05, 4.69) is 4.98 Å². The van der Waals surface area contributed by atoms with E-state index >= 15 is 0 Å². The van der Waals surface area contributed by atoms with Gasteiger partial charge in [-0.05, 0) is 18.6 Å². The summed E-state index contributed by atoms with van der Waals surface area (Å²) in [4.78, 5) is 15.5. The molecule has 0 atom stereocenters. The van der Waals surface area contributed by atoms with Gasteiger partial charge in [-0.15, -0.1) is 11.3 Å². The van der Waals surface area contributed by atoms with Crippen molar-refractivity contribution < 1.29 is 22.7 Å². The summed E-state index contributed by atoms with van der Waals surface area (Å²) >= 11 is 1.14. The second kappa shape index (κ2) is 6.26. The van der Waals surface area contributed by atoms with Gasteiger partial charge in [0.05, 0.1) is 17.2 Å². The number of benzene rings is 1. The van der Waals surface area contributed by atoms with Gasteiger partial charge in [-0.25, -0.2) is 9.78 Å². The van der Waals surface area contributed by atoms with Crippen molar-refractivity contribution in [2.45, 2.75) is 19.5 Å². The topological polar surface area (TPSA) is 39.2 Å². The van der Waals surface area contributed by atoms with Crippen LogP contribution in [-0.2, 0) is 17.3 Å². The van der Waals surface area contributed by atoms with Crippen molar-refractivity contribution in [3.8, 4) is 0 Å². The molecule has 2 rings (SSSR count). The molecule has 1 heterocycles. The number of thiazole rings is 1. The monoisotopic (exact) mass is 315 g/mol. The van der Waals surface area contributed by atoms with Gasteiger partial charge in [0.1, 0.15) is 0 Å². The van der Waals surface area contributed by atoms with Crippen LogP contribution in [0.2, 0.25) is 0 Å². The minimum Gasteiger partial charge on any atom is -0.461 e. The molecule has 0 bridgehead atoms. The molecule has 3 nitrogen and oxygen atoms in total. The van der Waals surface area contributed by atoms with Gasteiger partial charge in [-0.3, -0.25) is 0 Å². The molecule has 0 aliphatic heterocycles. The van der Waals surface area contributed by atoms with Crippen LogP contribution in [0, 0.1) is 0 Å². The first-order valence-electron chi connectivity index (χ1n) is 6.18. The summed E-state index contributed by atoms with van der Waals surface area (Å²) in [5.41, 5.74) is -0.422. The Kier molecular flexibility index (Phi) is 4.62. The van der Waals surface area contributed by atoms with Gasteiger partial charge in [0, 0.05) is 11.8 Å². The molecule has 0 fully saturated rings. The van der Waals surface area contributed by atoms with E-state index in [4.69, 9.17) is 4.74 Å².